The highest BCUT2D eigenvalue weighted by atomic mass is 16.5. The molecule has 25 heavy (non-hydrogen) atoms. The minimum atomic E-state index is -0.0391. The highest BCUT2D eigenvalue weighted by Crippen LogP contribution is 2.17. The molecule has 2 atom stereocenters. The third kappa shape index (κ3) is 3.92. The van der Waals surface area contributed by atoms with Gasteiger partial charge >= 0.3 is 0 Å². The second-order valence-electron chi connectivity index (χ2n) is 6.98. The van der Waals surface area contributed by atoms with Crippen molar-refractivity contribution in [2.24, 2.45) is 0 Å². The summed E-state index contributed by atoms with van der Waals surface area (Å²) in [6, 6.07) is 7.60. The lowest BCUT2D eigenvalue weighted by Crippen LogP contribution is -2.41. The molecule has 2 aliphatic rings. The molecule has 134 valence electrons. The molecule has 2 fully saturated rings. The van der Waals surface area contributed by atoms with Crippen LogP contribution in [-0.2, 0) is 16.1 Å². The first-order valence-electron chi connectivity index (χ1n) is 9.20. The van der Waals surface area contributed by atoms with Gasteiger partial charge in [-0.3, -0.25) is 9.69 Å². The minimum Gasteiger partial charge on any atom is -0.377 e. The first-order chi connectivity index (χ1) is 12.3. The molecule has 3 heterocycles. The Morgan fingerprint density at radius 2 is 1.76 bits per heavy atom. The third-order valence-corrected chi connectivity index (χ3v) is 5.07. The van der Waals surface area contributed by atoms with Crippen molar-refractivity contribution in [1.29, 1.82) is 0 Å². The SMILES string of the molecule is O=c1c2ccccc2cnn1CN(CC1CCCO1)CC1CCCO1. The van der Waals surface area contributed by atoms with Crippen LogP contribution in [-0.4, -0.2) is 53.2 Å². The molecule has 2 unspecified atom stereocenters. The molecule has 4 rings (SSSR count). The van der Waals surface area contributed by atoms with E-state index in [1.165, 1.54) is 0 Å². The lowest BCUT2D eigenvalue weighted by Gasteiger charge is -2.27. The summed E-state index contributed by atoms with van der Waals surface area (Å²) in [6.07, 6.45) is 6.67. The van der Waals surface area contributed by atoms with Crippen molar-refractivity contribution in [3.05, 3.63) is 40.8 Å². The van der Waals surface area contributed by atoms with Gasteiger partial charge in [-0.1, -0.05) is 18.2 Å². The molecule has 2 saturated heterocycles. The van der Waals surface area contributed by atoms with Crippen LogP contribution in [0.2, 0.25) is 0 Å². The van der Waals surface area contributed by atoms with Gasteiger partial charge in [-0.2, -0.15) is 5.10 Å². The average molecular weight is 343 g/mol. The van der Waals surface area contributed by atoms with Crippen LogP contribution in [0.1, 0.15) is 25.7 Å². The molecule has 6 heteroatoms. The number of rotatable bonds is 6. The van der Waals surface area contributed by atoms with E-state index in [-0.39, 0.29) is 17.8 Å². The number of hydrogen-bond donors (Lipinski definition) is 0. The van der Waals surface area contributed by atoms with E-state index in [1.54, 1.807) is 10.9 Å². The van der Waals surface area contributed by atoms with Crippen LogP contribution >= 0.6 is 0 Å². The van der Waals surface area contributed by atoms with Gasteiger partial charge in [-0.25, -0.2) is 4.68 Å². The van der Waals surface area contributed by atoms with E-state index in [0.717, 1.165) is 57.4 Å². The van der Waals surface area contributed by atoms with Crippen LogP contribution in [0.25, 0.3) is 10.8 Å². The van der Waals surface area contributed by atoms with Gasteiger partial charge in [0.1, 0.15) is 0 Å². The fraction of sp³-hybridized carbons (Fsp3) is 0.579. The van der Waals surface area contributed by atoms with E-state index >= 15 is 0 Å². The van der Waals surface area contributed by atoms with Gasteiger partial charge in [0.25, 0.3) is 5.56 Å². The van der Waals surface area contributed by atoms with Gasteiger partial charge in [0.2, 0.25) is 0 Å². The predicted octanol–water partition coefficient (Wildman–Crippen LogP) is 2.01. The Kier molecular flexibility index (Phi) is 5.10. The molecule has 0 radical (unpaired) electrons. The largest absolute Gasteiger partial charge is 0.377 e. The fourth-order valence-electron chi connectivity index (χ4n) is 3.76. The number of aromatic nitrogens is 2. The molecule has 0 saturated carbocycles. The van der Waals surface area contributed by atoms with Gasteiger partial charge in [-0.05, 0) is 31.7 Å². The summed E-state index contributed by atoms with van der Waals surface area (Å²) < 4.78 is 13.2. The van der Waals surface area contributed by atoms with Gasteiger partial charge in [0.15, 0.2) is 0 Å². The van der Waals surface area contributed by atoms with E-state index in [2.05, 4.69) is 10.00 Å². The van der Waals surface area contributed by atoms with Crippen LogP contribution in [0.3, 0.4) is 0 Å². The van der Waals surface area contributed by atoms with Crippen LogP contribution in [0, 0.1) is 0 Å². The summed E-state index contributed by atoms with van der Waals surface area (Å²) >= 11 is 0. The molecule has 1 aromatic carbocycles. The van der Waals surface area contributed by atoms with Crippen molar-refractivity contribution in [3.63, 3.8) is 0 Å². The Morgan fingerprint density at radius 3 is 2.40 bits per heavy atom. The van der Waals surface area contributed by atoms with Crippen LogP contribution < -0.4 is 5.56 Å². The van der Waals surface area contributed by atoms with Crippen LogP contribution in [0.5, 0.6) is 0 Å². The zero-order chi connectivity index (χ0) is 17.1. The molecule has 0 spiro atoms. The lowest BCUT2D eigenvalue weighted by atomic mass is 10.2. The number of ether oxygens (including phenoxy) is 2. The van der Waals surface area contributed by atoms with Crippen molar-refractivity contribution >= 4 is 10.8 Å². The maximum absolute atomic E-state index is 12.7. The summed E-state index contributed by atoms with van der Waals surface area (Å²) in [5.74, 6) is 0. The van der Waals surface area contributed by atoms with Crippen molar-refractivity contribution in [1.82, 2.24) is 14.7 Å². The molecule has 6 nitrogen and oxygen atoms in total. The van der Waals surface area contributed by atoms with Crippen molar-refractivity contribution < 1.29 is 9.47 Å². The summed E-state index contributed by atoms with van der Waals surface area (Å²) in [4.78, 5) is 15.0. The van der Waals surface area contributed by atoms with Crippen molar-refractivity contribution in [3.8, 4) is 0 Å². The summed E-state index contributed by atoms with van der Waals surface area (Å²) in [5.41, 5.74) is -0.0391. The number of hydrogen-bond acceptors (Lipinski definition) is 5. The molecule has 0 N–H and O–H groups in total. The molecule has 1 aromatic heterocycles. The Morgan fingerprint density at radius 1 is 1.08 bits per heavy atom. The highest BCUT2D eigenvalue weighted by Gasteiger charge is 2.24. The second kappa shape index (κ2) is 7.64. The topological polar surface area (TPSA) is 56.6 Å². The first kappa shape index (κ1) is 16.7. The zero-order valence-corrected chi connectivity index (χ0v) is 14.5. The van der Waals surface area contributed by atoms with Gasteiger partial charge in [0, 0.05) is 31.7 Å². The summed E-state index contributed by atoms with van der Waals surface area (Å²) in [5, 5.41) is 5.97. The summed E-state index contributed by atoms with van der Waals surface area (Å²) in [6.45, 7) is 3.80. The summed E-state index contributed by atoms with van der Waals surface area (Å²) in [7, 11) is 0. The average Bonchev–Trinajstić information content (AvgIpc) is 3.32. The molecule has 2 aromatic rings. The highest BCUT2D eigenvalue weighted by molar-refractivity contribution is 5.80. The minimum absolute atomic E-state index is 0.0391. The molecular formula is C19H25N3O3. The van der Waals surface area contributed by atoms with Crippen molar-refractivity contribution in [2.45, 2.75) is 44.6 Å². The predicted molar refractivity (Wildman–Crippen MR) is 95.5 cm³/mol. The molecule has 0 amide bonds. The van der Waals surface area contributed by atoms with E-state index in [9.17, 15) is 4.79 Å². The monoisotopic (exact) mass is 343 g/mol. The molecule has 0 aliphatic carbocycles. The van der Waals surface area contributed by atoms with Crippen LogP contribution in [0.4, 0.5) is 0 Å². The van der Waals surface area contributed by atoms with E-state index in [1.807, 2.05) is 24.3 Å². The van der Waals surface area contributed by atoms with E-state index < -0.39 is 0 Å². The Hall–Kier alpha value is -1.76. The number of benzene rings is 1. The maximum Gasteiger partial charge on any atom is 0.275 e. The normalized spacial score (nSPS) is 23.7. The second-order valence-corrected chi connectivity index (χ2v) is 6.98. The third-order valence-electron chi connectivity index (χ3n) is 5.07. The lowest BCUT2D eigenvalue weighted by molar-refractivity contribution is 0.0231. The first-order valence-corrected chi connectivity index (χ1v) is 9.20. The van der Waals surface area contributed by atoms with Gasteiger partial charge in [0.05, 0.1) is 30.5 Å². The van der Waals surface area contributed by atoms with E-state index in [4.69, 9.17) is 9.47 Å². The molecule has 0 bridgehead atoms. The van der Waals surface area contributed by atoms with Crippen LogP contribution in [0.15, 0.2) is 35.3 Å². The number of nitrogens with zero attached hydrogens (tertiary/aromatic N) is 3. The fourth-order valence-corrected chi connectivity index (χ4v) is 3.76. The smallest absolute Gasteiger partial charge is 0.275 e. The standard InChI is InChI=1S/C19H25N3O3/c23-19-18-8-2-1-5-15(18)11-20-22(19)14-21(12-16-6-3-9-24-16)13-17-7-4-10-25-17/h1-2,5,8,11,16-17H,3-4,6-7,9-10,12-14H2. The molecule has 2 aliphatic heterocycles. The van der Waals surface area contributed by atoms with E-state index in [0.29, 0.717) is 12.1 Å². The quantitative estimate of drug-likeness (QED) is 0.803. The Balaban J connectivity index is 1.54. The Bertz CT molecular complexity index is 746. The van der Waals surface area contributed by atoms with Gasteiger partial charge < -0.3 is 9.47 Å². The van der Waals surface area contributed by atoms with Crippen molar-refractivity contribution in [2.75, 3.05) is 26.3 Å². The molecular weight excluding hydrogens is 318 g/mol. The maximum atomic E-state index is 12.7. The zero-order valence-electron chi connectivity index (χ0n) is 14.5. The van der Waals surface area contributed by atoms with Gasteiger partial charge in [-0.15, -0.1) is 0 Å². The Labute approximate surface area is 147 Å². The number of fused-ring (bicyclic) bond motifs is 1.